The summed E-state index contributed by atoms with van der Waals surface area (Å²) in [6, 6.07) is 4.40. The molecule has 0 saturated carbocycles. The minimum absolute atomic E-state index is 0.0699. The summed E-state index contributed by atoms with van der Waals surface area (Å²) in [5, 5.41) is 3.25. The predicted octanol–water partition coefficient (Wildman–Crippen LogP) is 1.73. The van der Waals surface area contributed by atoms with E-state index >= 15 is 0 Å². The number of amides is 2. The van der Waals surface area contributed by atoms with Gasteiger partial charge in [0.05, 0.1) is 24.2 Å². The molecule has 3 rings (SSSR count). The van der Waals surface area contributed by atoms with E-state index < -0.39 is 23.5 Å². The minimum Gasteiger partial charge on any atom is -0.496 e. The molecule has 1 saturated heterocycles. The Morgan fingerprint density at radius 1 is 1.46 bits per heavy atom. The highest BCUT2D eigenvalue weighted by Gasteiger charge is 2.46. The third-order valence-corrected chi connectivity index (χ3v) is 4.60. The van der Waals surface area contributed by atoms with Gasteiger partial charge in [-0.05, 0) is 24.6 Å². The highest BCUT2D eigenvalue weighted by Crippen LogP contribution is 2.32. The van der Waals surface area contributed by atoms with Crippen LogP contribution in [0.4, 0.5) is 4.39 Å². The highest BCUT2D eigenvalue weighted by atomic mass is 19.1. The second kappa shape index (κ2) is 6.78. The Morgan fingerprint density at radius 3 is 2.85 bits per heavy atom. The van der Waals surface area contributed by atoms with Crippen molar-refractivity contribution in [2.75, 3.05) is 13.7 Å². The summed E-state index contributed by atoms with van der Waals surface area (Å²) in [5.74, 6) is -0.414. The van der Waals surface area contributed by atoms with Crippen molar-refractivity contribution in [1.29, 1.82) is 0 Å². The topological polar surface area (TPSA) is 104 Å². The van der Waals surface area contributed by atoms with Crippen LogP contribution in [0.5, 0.6) is 11.5 Å². The Bertz CT molecular complexity index is 873. The lowest BCUT2D eigenvalue weighted by atomic mass is 9.99. The van der Waals surface area contributed by atoms with Gasteiger partial charge in [-0.15, -0.1) is 0 Å². The van der Waals surface area contributed by atoms with Crippen molar-refractivity contribution in [3.8, 4) is 11.5 Å². The molecule has 2 atom stereocenters. The van der Waals surface area contributed by atoms with Gasteiger partial charge in [-0.25, -0.2) is 4.39 Å². The average molecular weight is 361 g/mol. The summed E-state index contributed by atoms with van der Waals surface area (Å²) in [6.45, 7) is 1.76. The van der Waals surface area contributed by atoms with Crippen LogP contribution in [-0.2, 0) is 4.79 Å². The normalized spacial score (nSPS) is 22.3. The molecule has 8 heteroatoms. The van der Waals surface area contributed by atoms with E-state index in [1.165, 1.54) is 19.4 Å². The van der Waals surface area contributed by atoms with Gasteiger partial charge in [-0.2, -0.15) is 0 Å². The molecule has 0 unspecified atom stereocenters. The first kappa shape index (κ1) is 17.9. The number of nitrogens with one attached hydrogen (secondary N) is 1. The molecule has 1 fully saturated rings. The van der Waals surface area contributed by atoms with Crippen LogP contribution in [0.3, 0.4) is 0 Å². The molecule has 2 aromatic rings. The lowest BCUT2D eigenvalue weighted by molar-refractivity contribution is -0.129. The van der Waals surface area contributed by atoms with E-state index in [1.54, 1.807) is 19.1 Å². The average Bonchev–Trinajstić information content (AvgIpc) is 2.93. The van der Waals surface area contributed by atoms with Gasteiger partial charge in [-0.3, -0.25) is 14.6 Å². The Kier molecular flexibility index (Phi) is 4.67. The van der Waals surface area contributed by atoms with E-state index in [9.17, 15) is 14.0 Å². The number of hydrogen-bond donors (Lipinski definition) is 2. The lowest BCUT2D eigenvalue weighted by Crippen LogP contribution is -2.34. The molecule has 0 spiro atoms. The minimum atomic E-state index is -1.84. The molecule has 1 aliphatic heterocycles. The summed E-state index contributed by atoms with van der Waals surface area (Å²) in [6.07, 6.45) is 1.73. The number of rotatable bonds is 6. The second-order valence-electron chi connectivity index (χ2n) is 6.25. The van der Waals surface area contributed by atoms with Crippen molar-refractivity contribution in [1.82, 2.24) is 10.3 Å². The van der Waals surface area contributed by atoms with Gasteiger partial charge >= 0.3 is 0 Å². The number of carbonyl (C=O) groups excluding carboxylic acids is 2. The van der Waals surface area contributed by atoms with Crippen molar-refractivity contribution in [3.63, 3.8) is 0 Å². The largest absolute Gasteiger partial charge is 0.496 e. The number of nitrogens with zero attached hydrogens (tertiary/aromatic N) is 1. The summed E-state index contributed by atoms with van der Waals surface area (Å²) in [4.78, 5) is 27.5. The molecule has 1 aromatic heterocycles. The van der Waals surface area contributed by atoms with Crippen LogP contribution in [0.1, 0.15) is 30.1 Å². The van der Waals surface area contributed by atoms with Gasteiger partial charge in [-0.1, -0.05) is 6.92 Å². The molecular weight excluding hydrogens is 341 g/mol. The van der Waals surface area contributed by atoms with Crippen molar-refractivity contribution >= 4 is 22.7 Å². The zero-order valence-corrected chi connectivity index (χ0v) is 14.5. The summed E-state index contributed by atoms with van der Waals surface area (Å²) in [5.41, 5.74) is 4.25. The first-order valence-corrected chi connectivity index (χ1v) is 8.27. The first-order valence-electron chi connectivity index (χ1n) is 8.27. The third-order valence-electron chi connectivity index (χ3n) is 4.60. The number of ether oxygens (including phenoxy) is 2. The summed E-state index contributed by atoms with van der Waals surface area (Å²) < 4.78 is 25.4. The Morgan fingerprint density at radius 2 is 2.23 bits per heavy atom. The van der Waals surface area contributed by atoms with Gasteiger partial charge in [0.1, 0.15) is 18.1 Å². The van der Waals surface area contributed by atoms with Crippen LogP contribution in [-0.4, -0.2) is 42.2 Å². The molecule has 0 aliphatic carbocycles. The van der Waals surface area contributed by atoms with E-state index in [0.29, 0.717) is 22.4 Å². The summed E-state index contributed by atoms with van der Waals surface area (Å²) >= 11 is 0. The van der Waals surface area contributed by atoms with Gasteiger partial charge in [0, 0.05) is 18.0 Å². The molecule has 26 heavy (non-hydrogen) atoms. The monoisotopic (exact) mass is 361 g/mol. The molecule has 3 N–H and O–H groups in total. The van der Waals surface area contributed by atoms with Crippen LogP contribution >= 0.6 is 0 Å². The van der Waals surface area contributed by atoms with Crippen molar-refractivity contribution in [2.24, 2.45) is 5.73 Å². The van der Waals surface area contributed by atoms with Crippen LogP contribution in [0.15, 0.2) is 24.4 Å². The van der Waals surface area contributed by atoms with Gasteiger partial charge < -0.3 is 20.5 Å². The van der Waals surface area contributed by atoms with E-state index in [1.807, 2.05) is 0 Å². The number of primary amides is 1. The number of alkyl halides is 1. The number of fused-ring (bicyclic) bond motifs is 1. The van der Waals surface area contributed by atoms with Crippen LogP contribution in [0.25, 0.3) is 10.9 Å². The Labute approximate surface area is 149 Å². The van der Waals surface area contributed by atoms with Crippen LogP contribution in [0.2, 0.25) is 0 Å². The van der Waals surface area contributed by atoms with Crippen molar-refractivity contribution in [3.05, 3.63) is 30.0 Å². The van der Waals surface area contributed by atoms with Crippen molar-refractivity contribution < 1.29 is 23.5 Å². The number of halogens is 1. The van der Waals surface area contributed by atoms with E-state index in [2.05, 4.69) is 10.3 Å². The first-order chi connectivity index (χ1) is 12.4. The Hall–Kier alpha value is -2.90. The molecule has 1 aliphatic rings. The van der Waals surface area contributed by atoms with E-state index in [-0.39, 0.29) is 25.0 Å². The lowest BCUT2D eigenvalue weighted by Gasteiger charge is -2.15. The number of carbonyl (C=O) groups is 2. The number of methoxy groups -OCH3 is 1. The zero-order chi connectivity index (χ0) is 18.9. The molecule has 0 bridgehead atoms. The van der Waals surface area contributed by atoms with Crippen LogP contribution in [0, 0.1) is 0 Å². The molecule has 7 nitrogen and oxygen atoms in total. The number of nitrogens with two attached hydrogens (primary N) is 1. The smallest absolute Gasteiger partial charge is 0.258 e. The van der Waals surface area contributed by atoms with E-state index in [4.69, 9.17) is 15.2 Å². The number of aromatic nitrogens is 1. The van der Waals surface area contributed by atoms with Crippen LogP contribution < -0.4 is 20.5 Å². The maximum absolute atomic E-state index is 14.3. The zero-order valence-electron chi connectivity index (χ0n) is 14.5. The number of hydrogen-bond acceptors (Lipinski definition) is 5. The van der Waals surface area contributed by atoms with Gasteiger partial charge in [0.25, 0.3) is 11.8 Å². The maximum atomic E-state index is 14.3. The second-order valence-corrected chi connectivity index (χ2v) is 6.25. The quantitative estimate of drug-likeness (QED) is 0.815. The fourth-order valence-electron chi connectivity index (χ4n) is 3.08. The predicted molar refractivity (Wildman–Crippen MR) is 93.0 cm³/mol. The molecular formula is C18H20FN3O4. The highest BCUT2D eigenvalue weighted by molar-refractivity contribution is 6.01. The third kappa shape index (κ3) is 3.14. The van der Waals surface area contributed by atoms with E-state index in [0.717, 1.165) is 0 Å². The molecule has 2 amide bonds. The standard InChI is InChI=1S/C18H20FN3O4/c1-3-18(19)8-10(22-17(18)24)9-26-14-4-5-21-13-6-12(16(20)23)15(25-2)7-11(13)14/h4-7,10H,3,8-9H2,1-2H3,(H2,20,23)(H,22,24)/t10-,18+/m0/s1. The molecule has 2 heterocycles. The Balaban J connectivity index is 1.85. The number of benzene rings is 1. The molecule has 0 radical (unpaired) electrons. The molecule has 138 valence electrons. The molecule has 1 aromatic carbocycles. The SMILES string of the molecule is CC[C@@]1(F)C[C@@H](COc2ccnc3cc(C(N)=O)c(OC)cc23)NC1=O. The fourth-order valence-corrected chi connectivity index (χ4v) is 3.08. The fraction of sp³-hybridized carbons (Fsp3) is 0.389. The number of pyridine rings is 1. The summed E-state index contributed by atoms with van der Waals surface area (Å²) in [7, 11) is 1.43. The van der Waals surface area contributed by atoms with Gasteiger partial charge in [0.15, 0.2) is 5.67 Å². The van der Waals surface area contributed by atoms with Gasteiger partial charge in [0.2, 0.25) is 0 Å². The van der Waals surface area contributed by atoms with Crippen molar-refractivity contribution in [2.45, 2.75) is 31.5 Å². The maximum Gasteiger partial charge on any atom is 0.258 e.